The van der Waals surface area contributed by atoms with Crippen molar-refractivity contribution in [3.05, 3.63) is 33.1 Å². The average molecular weight is 411 g/mol. The Hall–Kier alpha value is -1.93. The van der Waals surface area contributed by atoms with E-state index in [4.69, 9.17) is 9.47 Å². The monoisotopic (exact) mass is 410 g/mol. The average Bonchev–Trinajstić information content (AvgIpc) is 3.05. The summed E-state index contributed by atoms with van der Waals surface area (Å²) >= 11 is 0. The Morgan fingerprint density at radius 3 is 2.48 bits per heavy atom. The number of hydrogen-bond acceptors (Lipinski definition) is 6. The third-order valence-electron chi connectivity index (χ3n) is 5.26. The lowest BCUT2D eigenvalue weighted by Crippen LogP contribution is -2.32. The molecule has 2 N–H and O–H groups in total. The van der Waals surface area contributed by atoms with Crippen molar-refractivity contribution in [1.29, 1.82) is 0 Å². The number of carbonyl (C=O) groups is 1. The lowest BCUT2D eigenvalue weighted by Gasteiger charge is -2.16. The summed E-state index contributed by atoms with van der Waals surface area (Å²) < 4.78 is 12.1. The van der Waals surface area contributed by atoms with Crippen LogP contribution in [0.2, 0.25) is 0 Å². The Balaban J connectivity index is 1.60. The van der Waals surface area contributed by atoms with Gasteiger partial charge in [-0.25, -0.2) is 4.79 Å². The van der Waals surface area contributed by atoms with E-state index in [-0.39, 0.29) is 19.0 Å². The third kappa shape index (κ3) is 8.14. The molecule has 0 radical (unpaired) electrons. The summed E-state index contributed by atoms with van der Waals surface area (Å²) in [6.45, 7) is 2.16. The van der Waals surface area contributed by atoms with Gasteiger partial charge in [0.25, 0.3) is 5.56 Å². The van der Waals surface area contributed by atoms with E-state index in [0.717, 1.165) is 19.3 Å². The number of aliphatic hydroxyl groups excluding tert-OH is 1. The fraction of sp³-hybridized carbons (Fsp3) is 0.762. The first kappa shape index (κ1) is 23.3. The molecule has 2 heterocycles. The minimum absolute atomic E-state index is 0.0496. The molecule has 0 bridgehead atoms. The molecule has 164 valence electrons. The van der Waals surface area contributed by atoms with Gasteiger partial charge in [0.15, 0.2) is 0 Å². The zero-order valence-corrected chi connectivity index (χ0v) is 17.3. The number of carbonyl (C=O) groups excluding carboxylic acids is 1. The summed E-state index contributed by atoms with van der Waals surface area (Å²) in [5.41, 5.74) is -1.09. The van der Waals surface area contributed by atoms with E-state index in [1.54, 1.807) is 0 Å². The number of aromatic amines is 1. The molecule has 0 amide bonds. The number of nitrogens with zero attached hydrogens (tertiary/aromatic N) is 1. The maximum Gasteiger partial charge on any atom is 0.330 e. The van der Waals surface area contributed by atoms with E-state index in [9.17, 15) is 19.5 Å². The molecule has 0 aliphatic carbocycles. The molecule has 8 nitrogen and oxygen atoms in total. The van der Waals surface area contributed by atoms with Crippen molar-refractivity contribution in [2.75, 3.05) is 6.61 Å². The van der Waals surface area contributed by atoms with Crippen LogP contribution in [0, 0.1) is 0 Å². The molecule has 1 saturated heterocycles. The second-order valence-corrected chi connectivity index (χ2v) is 7.71. The quantitative estimate of drug-likeness (QED) is 0.382. The molecule has 1 aromatic heterocycles. The van der Waals surface area contributed by atoms with Crippen molar-refractivity contribution < 1.29 is 19.4 Å². The van der Waals surface area contributed by atoms with E-state index in [0.29, 0.717) is 6.42 Å². The molecule has 2 rings (SSSR count). The second kappa shape index (κ2) is 12.6. The molecular weight excluding hydrogens is 376 g/mol. The van der Waals surface area contributed by atoms with Gasteiger partial charge in [-0.05, 0) is 6.42 Å². The summed E-state index contributed by atoms with van der Waals surface area (Å²) in [5, 5.41) is 10.1. The van der Waals surface area contributed by atoms with E-state index < -0.39 is 29.7 Å². The van der Waals surface area contributed by atoms with Crippen LogP contribution >= 0.6 is 0 Å². The maximum absolute atomic E-state index is 11.9. The van der Waals surface area contributed by atoms with Crippen molar-refractivity contribution >= 4 is 5.97 Å². The molecular formula is C21H34N2O6. The highest BCUT2D eigenvalue weighted by molar-refractivity contribution is 5.69. The SMILES string of the molecule is CCCCCCCCCCCC(=O)OC[C@H]1O[C@@H](n2ccc(=O)[nH]c2=O)C[C@@H]1O. The summed E-state index contributed by atoms with van der Waals surface area (Å²) in [4.78, 5) is 37.0. The Morgan fingerprint density at radius 2 is 1.83 bits per heavy atom. The summed E-state index contributed by atoms with van der Waals surface area (Å²) in [6, 6.07) is 1.22. The van der Waals surface area contributed by atoms with Crippen LogP contribution in [0.4, 0.5) is 0 Å². The van der Waals surface area contributed by atoms with Gasteiger partial charge in [0, 0.05) is 25.1 Å². The van der Waals surface area contributed by atoms with Gasteiger partial charge in [-0.2, -0.15) is 0 Å². The van der Waals surface area contributed by atoms with E-state index in [2.05, 4.69) is 11.9 Å². The van der Waals surface area contributed by atoms with Crippen LogP contribution < -0.4 is 11.2 Å². The number of ether oxygens (including phenoxy) is 2. The number of nitrogens with one attached hydrogen (secondary N) is 1. The number of H-pyrrole nitrogens is 1. The molecule has 29 heavy (non-hydrogen) atoms. The second-order valence-electron chi connectivity index (χ2n) is 7.71. The van der Waals surface area contributed by atoms with Gasteiger partial charge in [-0.1, -0.05) is 58.3 Å². The van der Waals surface area contributed by atoms with Crippen LogP contribution in [0.25, 0.3) is 0 Å². The summed E-state index contributed by atoms with van der Waals surface area (Å²) in [6.07, 6.45) is 10.3. The number of esters is 1. The summed E-state index contributed by atoms with van der Waals surface area (Å²) in [5.74, 6) is -0.298. The van der Waals surface area contributed by atoms with Crippen LogP contribution in [0.15, 0.2) is 21.9 Å². The Kier molecular flexibility index (Phi) is 10.1. The van der Waals surface area contributed by atoms with Crippen LogP contribution in [0.5, 0.6) is 0 Å². The Bertz CT molecular complexity index is 728. The van der Waals surface area contributed by atoms with Crippen LogP contribution in [-0.4, -0.2) is 39.4 Å². The predicted molar refractivity (Wildman–Crippen MR) is 109 cm³/mol. The molecule has 0 saturated carbocycles. The highest BCUT2D eigenvalue weighted by atomic mass is 16.6. The van der Waals surface area contributed by atoms with Crippen molar-refractivity contribution in [3.8, 4) is 0 Å². The zero-order valence-electron chi connectivity index (χ0n) is 17.3. The minimum Gasteiger partial charge on any atom is -0.463 e. The lowest BCUT2D eigenvalue weighted by atomic mass is 10.1. The van der Waals surface area contributed by atoms with Crippen LogP contribution in [0.1, 0.15) is 83.8 Å². The standard InChI is InChI=1S/C21H34N2O6/c1-2-3-4-5-6-7-8-9-10-11-20(26)28-15-17-16(24)14-19(29-17)23-13-12-18(25)22-21(23)27/h12-13,16-17,19,24H,2-11,14-15H2,1H3,(H,22,25,27)/t16-,17+,19+/m0/s1. The first-order valence-corrected chi connectivity index (χ1v) is 10.8. The van der Waals surface area contributed by atoms with E-state index in [1.807, 2.05) is 0 Å². The van der Waals surface area contributed by atoms with Gasteiger partial charge in [0.1, 0.15) is 18.9 Å². The molecule has 0 unspecified atom stereocenters. The first-order chi connectivity index (χ1) is 14.0. The molecule has 8 heteroatoms. The topological polar surface area (TPSA) is 111 Å². The third-order valence-corrected chi connectivity index (χ3v) is 5.26. The summed E-state index contributed by atoms with van der Waals surface area (Å²) in [7, 11) is 0. The lowest BCUT2D eigenvalue weighted by molar-refractivity contribution is -0.150. The number of rotatable bonds is 13. The maximum atomic E-state index is 11.9. The number of aromatic nitrogens is 2. The number of unbranched alkanes of at least 4 members (excludes halogenated alkanes) is 8. The van der Waals surface area contributed by atoms with Crippen molar-refractivity contribution in [2.24, 2.45) is 0 Å². The van der Waals surface area contributed by atoms with Gasteiger partial charge in [0.05, 0.1) is 6.10 Å². The van der Waals surface area contributed by atoms with Crippen molar-refractivity contribution in [3.63, 3.8) is 0 Å². The van der Waals surface area contributed by atoms with E-state index in [1.165, 1.54) is 55.4 Å². The Labute approximate surface area is 171 Å². The zero-order chi connectivity index (χ0) is 21.1. The highest BCUT2D eigenvalue weighted by Gasteiger charge is 2.36. The minimum atomic E-state index is -0.848. The van der Waals surface area contributed by atoms with Crippen molar-refractivity contribution in [2.45, 2.75) is 96.0 Å². The fourth-order valence-corrected chi connectivity index (χ4v) is 3.52. The van der Waals surface area contributed by atoms with Crippen molar-refractivity contribution in [1.82, 2.24) is 9.55 Å². The molecule has 0 spiro atoms. The number of aliphatic hydroxyl groups is 1. The van der Waals surface area contributed by atoms with Gasteiger partial charge in [-0.15, -0.1) is 0 Å². The van der Waals surface area contributed by atoms with Crippen LogP contribution in [0.3, 0.4) is 0 Å². The highest BCUT2D eigenvalue weighted by Crippen LogP contribution is 2.27. The molecule has 1 fully saturated rings. The molecule has 3 atom stereocenters. The predicted octanol–water partition coefficient (Wildman–Crippen LogP) is 2.65. The first-order valence-electron chi connectivity index (χ1n) is 10.8. The molecule has 0 aromatic carbocycles. The van der Waals surface area contributed by atoms with Crippen LogP contribution in [-0.2, 0) is 14.3 Å². The van der Waals surface area contributed by atoms with Gasteiger partial charge >= 0.3 is 11.7 Å². The number of hydrogen-bond donors (Lipinski definition) is 2. The Morgan fingerprint density at radius 1 is 1.17 bits per heavy atom. The molecule has 1 aromatic rings. The fourth-order valence-electron chi connectivity index (χ4n) is 3.52. The normalized spacial score (nSPS) is 21.4. The molecule has 1 aliphatic rings. The van der Waals surface area contributed by atoms with E-state index >= 15 is 0 Å². The van der Waals surface area contributed by atoms with Gasteiger partial charge in [0.2, 0.25) is 0 Å². The molecule has 1 aliphatic heterocycles. The largest absolute Gasteiger partial charge is 0.463 e. The van der Waals surface area contributed by atoms with Gasteiger partial charge < -0.3 is 14.6 Å². The van der Waals surface area contributed by atoms with Gasteiger partial charge in [-0.3, -0.25) is 19.1 Å². The smallest absolute Gasteiger partial charge is 0.330 e.